The van der Waals surface area contributed by atoms with Crippen LogP contribution in [0.5, 0.6) is 0 Å². The van der Waals surface area contributed by atoms with E-state index in [0.717, 1.165) is 0 Å². The summed E-state index contributed by atoms with van der Waals surface area (Å²) < 4.78 is 18.5. The number of aliphatic hydroxyl groups is 1. The van der Waals surface area contributed by atoms with Crippen LogP contribution in [0.2, 0.25) is 0 Å². The Morgan fingerprint density at radius 1 is 1.44 bits per heavy atom. The van der Waals surface area contributed by atoms with Crippen molar-refractivity contribution in [2.75, 3.05) is 6.61 Å². The normalized spacial score (nSPS) is 25.2. The van der Waals surface area contributed by atoms with Gasteiger partial charge in [-0.2, -0.15) is 0 Å². The van der Waals surface area contributed by atoms with Crippen LogP contribution in [0.3, 0.4) is 0 Å². The first-order chi connectivity index (χ1) is 11.8. The number of carbonyl (C=O) groups is 1. The van der Waals surface area contributed by atoms with Crippen LogP contribution in [0.4, 0.5) is 4.39 Å². The zero-order chi connectivity index (χ0) is 18.2. The van der Waals surface area contributed by atoms with E-state index >= 15 is 0 Å². The number of hydrogen-bond donors (Lipinski definition) is 3. The lowest BCUT2D eigenvalue weighted by atomic mass is 9.66. The van der Waals surface area contributed by atoms with E-state index in [1.165, 1.54) is 37.3 Å². The van der Waals surface area contributed by atoms with Crippen molar-refractivity contribution in [3.8, 4) is 0 Å². The van der Waals surface area contributed by atoms with Gasteiger partial charge < -0.3 is 14.9 Å². The maximum absolute atomic E-state index is 13.3. The molecule has 3 atom stereocenters. The quantitative estimate of drug-likeness (QED) is 0.579. The van der Waals surface area contributed by atoms with E-state index in [1.54, 1.807) is 0 Å². The van der Waals surface area contributed by atoms with Crippen LogP contribution in [0, 0.1) is 11.7 Å². The Hall–Kier alpha value is -2.67. The first-order valence-corrected chi connectivity index (χ1v) is 7.90. The van der Waals surface area contributed by atoms with Gasteiger partial charge in [0.05, 0.1) is 11.5 Å². The fourth-order valence-electron chi connectivity index (χ4n) is 3.52. The highest BCUT2D eigenvalue weighted by Crippen LogP contribution is 2.44. The Bertz CT molecular complexity index is 851. The third kappa shape index (κ3) is 3.02. The Morgan fingerprint density at radius 3 is 2.76 bits per heavy atom. The summed E-state index contributed by atoms with van der Waals surface area (Å²) in [5, 5.41) is 16.2. The van der Waals surface area contributed by atoms with Crippen LogP contribution < -0.4 is 5.56 Å². The molecule has 1 aliphatic carbocycles. The fraction of sp³-hybridized carbons (Fsp3) is 0.333. The summed E-state index contributed by atoms with van der Waals surface area (Å²) in [6, 6.07) is 5.52. The zero-order valence-electron chi connectivity index (χ0n) is 13.7. The molecule has 0 radical (unpaired) electrons. The number of aromatic amines is 2. The van der Waals surface area contributed by atoms with Crippen LogP contribution in [0.15, 0.2) is 41.7 Å². The number of esters is 1. The van der Waals surface area contributed by atoms with Crippen molar-refractivity contribution in [1.29, 1.82) is 0 Å². The van der Waals surface area contributed by atoms with Crippen LogP contribution in [-0.2, 0) is 16.0 Å². The summed E-state index contributed by atoms with van der Waals surface area (Å²) in [7, 11) is 0. The molecular formula is C18H19FN2O4. The van der Waals surface area contributed by atoms with Gasteiger partial charge in [0.25, 0.3) is 5.56 Å². The van der Waals surface area contributed by atoms with Gasteiger partial charge in [0.1, 0.15) is 12.4 Å². The number of nitrogens with one attached hydrogen (secondary N) is 2. The average Bonchev–Trinajstić information content (AvgIpc) is 2.91. The van der Waals surface area contributed by atoms with Crippen molar-refractivity contribution >= 4 is 5.97 Å². The van der Waals surface area contributed by atoms with Gasteiger partial charge in [-0.05, 0) is 24.6 Å². The second-order valence-electron chi connectivity index (χ2n) is 6.43. The monoisotopic (exact) mass is 346 g/mol. The van der Waals surface area contributed by atoms with Gasteiger partial charge in [-0.25, -0.2) is 4.39 Å². The first-order valence-electron chi connectivity index (χ1n) is 7.90. The molecule has 0 spiro atoms. The van der Waals surface area contributed by atoms with Gasteiger partial charge in [0.2, 0.25) is 0 Å². The molecule has 0 saturated carbocycles. The van der Waals surface area contributed by atoms with Crippen molar-refractivity contribution in [1.82, 2.24) is 10.2 Å². The van der Waals surface area contributed by atoms with E-state index in [-0.39, 0.29) is 18.6 Å². The highest BCUT2D eigenvalue weighted by Gasteiger charge is 2.51. The van der Waals surface area contributed by atoms with Gasteiger partial charge >= 0.3 is 5.97 Å². The van der Waals surface area contributed by atoms with Gasteiger partial charge in [-0.3, -0.25) is 14.7 Å². The molecule has 6 nitrogen and oxygen atoms in total. The Balaban J connectivity index is 2.16. The number of H-pyrrole nitrogens is 2. The van der Waals surface area contributed by atoms with Gasteiger partial charge in [-0.15, -0.1) is 0 Å². The molecule has 3 N–H and O–H groups in total. The second-order valence-corrected chi connectivity index (χ2v) is 6.43. The number of rotatable bonds is 4. The third-order valence-electron chi connectivity index (χ3n) is 4.57. The summed E-state index contributed by atoms with van der Waals surface area (Å²) in [6.07, 6.45) is 1.52. The SMILES string of the molecule is C=CCOC(=O)[C@H]1[C@H](c2ccc(F)cc2)c2c([nH][nH]c2=O)C[C@@]1(C)O. The van der Waals surface area contributed by atoms with Gasteiger partial charge in [0, 0.05) is 23.6 Å². The standard InChI is InChI=1S/C18H19FN2O4/c1-3-8-25-17(23)15-13(10-4-6-11(19)7-5-10)14-12(9-18(15,2)24)20-21-16(14)22/h3-7,13,15,24H,1,8-9H2,2H3,(H2,20,21,22)/t13-,15-,18-/m1/s1. The highest BCUT2D eigenvalue weighted by atomic mass is 19.1. The Labute approximate surface area is 143 Å². The molecule has 0 unspecified atom stereocenters. The first kappa shape index (κ1) is 17.2. The molecule has 0 fully saturated rings. The topological polar surface area (TPSA) is 95.2 Å². The van der Waals surface area contributed by atoms with Crippen molar-refractivity contribution in [3.05, 3.63) is 69.9 Å². The molecule has 7 heteroatoms. The number of fused-ring (bicyclic) bond motifs is 1. The number of halogens is 1. The second kappa shape index (κ2) is 6.33. The van der Waals surface area contributed by atoms with E-state index in [4.69, 9.17) is 4.74 Å². The molecule has 25 heavy (non-hydrogen) atoms. The van der Waals surface area contributed by atoms with Crippen molar-refractivity contribution in [3.63, 3.8) is 0 Å². The molecule has 132 valence electrons. The molecule has 3 rings (SSSR count). The minimum atomic E-state index is -1.45. The lowest BCUT2D eigenvalue weighted by Gasteiger charge is -2.40. The summed E-state index contributed by atoms with van der Waals surface area (Å²) in [5.74, 6) is -2.83. The predicted molar refractivity (Wildman–Crippen MR) is 88.6 cm³/mol. The van der Waals surface area contributed by atoms with Crippen molar-refractivity contribution in [2.24, 2.45) is 5.92 Å². The minimum absolute atomic E-state index is 0.00208. The van der Waals surface area contributed by atoms with Gasteiger partial charge in [0.15, 0.2) is 0 Å². The molecule has 0 bridgehead atoms. The smallest absolute Gasteiger partial charge is 0.313 e. The van der Waals surface area contributed by atoms with E-state index in [1.807, 2.05) is 0 Å². The maximum atomic E-state index is 13.3. The Morgan fingerprint density at radius 2 is 2.12 bits per heavy atom. The zero-order valence-corrected chi connectivity index (χ0v) is 13.7. The third-order valence-corrected chi connectivity index (χ3v) is 4.57. The number of ether oxygens (including phenoxy) is 1. The summed E-state index contributed by atoms with van der Waals surface area (Å²) in [6.45, 7) is 5.02. The minimum Gasteiger partial charge on any atom is -0.461 e. The number of benzene rings is 1. The lowest BCUT2D eigenvalue weighted by molar-refractivity contribution is -0.158. The number of hydrogen-bond acceptors (Lipinski definition) is 4. The van der Waals surface area contributed by atoms with Crippen LogP contribution in [0.25, 0.3) is 0 Å². The lowest BCUT2D eigenvalue weighted by Crippen LogP contribution is -2.50. The van der Waals surface area contributed by atoms with Crippen LogP contribution >= 0.6 is 0 Å². The molecule has 0 amide bonds. The van der Waals surface area contributed by atoms with Crippen molar-refractivity contribution < 1.29 is 19.0 Å². The van der Waals surface area contributed by atoms with Crippen LogP contribution in [-0.4, -0.2) is 33.5 Å². The highest BCUT2D eigenvalue weighted by molar-refractivity contribution is 5.77. The van der Waals surface area contributed by atoms with Crippen LogP contribution in [0.1, 0.15) is 29.7 Å². The molecule has 0 aliphatic heterocycles. The average molecular weight is 346 g/mol. The van der Waals surface area contributed by atoms with E-state index in [9.17, 15) is 19.1 Å². The van der Waals surface area contributed by atoms with E-state index in [2.05, 4.69) is 16.8 Å². The summed E-state index contributed by atoms with van der Waals surface area (Å²) in [4.78, 5) is 24.9. The summed E-state index contributed by atoms with van der Waals surface area (Å²) in [5.41, 5.74) is -0.388. The van der Waals surface area contributed by atoms with Crippen molar-refractivity contribution in [2.45, 2.75) is 24.9 Å². The maximum Gasteiger partial charge on any atom is 0.313 e. The summed E-state index contributed by atoms with van der Waals surface area (Å²) >= 11 is 0. The molecule has 1 heterocycles. The largest absolute Gasteiger partial charge is 0.461 e. The molecule has 1 aromatic carbocycles. The molecule has 0 saturated heterocycles. The molecule has 1 aromatic heterocycles. The predicted octanol–water partition coefficient (Wildman–Crippen LogP) is 1.63. The fourth-order valence-corrected chi connectivity index (χ4v) is 3.52. The van der Waals surface area contributed by atoms with Gasteiger partial charge in [-0.1, -0.05) is 24.8 Å². The number of aromatic nitrogens is 2. The van der Waals surface area contributed by atoms with E-state index < -0.39 is 29.2 Å². The number of carbonyl (C=O) groups excluding carboxylic acids is 1. The Kier molecular flexibility index (Phi) is 4.34. The molecule has 1 aliphatic rings. The molecular weight excluding hydrogens is 327 g/mol. The molecule has 2 aromatic rings. The van der Waals surface area contributed by atoms with E-state index in [0.29, 0.717) is 16.8 Å².